The van der Waals surface area contributed by atoms with E-state index in [1.54, 1.807) is 0 Å². The normalized spacial score (nSPS) is 10.1. The molecule has 0 atom stereocenters. The summed E-state index contributed by atoms with van der Waals surface area (Å²) >= 11 is 0. The number of furan rings is 1. The van der Waals surface area contributed by atoms with E-state index in [2.05, 4.69) is 10.6 Å². The molecular formula is C9H13N3O4. The molecule has 2 N–H and O–H groups in total. The van der Waals surface area contributed by atoms with Gasteiger partial charge >= 0.3 is 5.88 Å². The van der Waals surface area contributed by atoms with Crippen molar-refractivity contribution in [1.82, 2.24) is 10.6 Å². The van der Waals surface area contributed by atoms with E-state index < -0.39 is 16.7 Å². The molecule has 0 radical (unpaired) electrons. The van der Waals surface area contributed by atoms with Crippen LogP contribution in [-0.4, -0.2) is 31.0 Å². The van der Waals surface area contributed by atoms with Gasteiger partial charge in [-0.3, -0.25) is 14.9 Å². The zero-order chi connectivity index (χ0) is 12.0. The lowest BCUT2D eigenvalue weighted by atomic mass is 10.4. The van der Waals surface area contributed by atoms with E-state index in [4.69, 9.17) is 4.42 Å². The number of carbonyl (C=O) groups excluding carboxylic acids is 1. The van der Waals surface area contributed by atoms with Crippen molar-refractivity contribution in [2.45, 2.75) is 6.42 Å². The van der Waals surface area contributed by atoms with E-state index in [9.17, 15) is 14.9 Å². The summed E-state index contributed by atoms with van der Waals surface area (Å²) in [5.74, 6) is -0.916. The van der Waals surface area contributed by atoms with Gasteiger partial charge in [-0.2, -0.15) is 0 Å². The molecule has 16 heavy (non-hydrogen) atoms. The first-order chi connectivity index (χ1) is 7.65. The summed E-state index contributed by atoms with van der Waals surface area (Å²) in [7, 11) is 1.82. The monoisotopic (exact) mass is 227 g/mol. The van der Waals surface area contributed by atoms with E-state index in [1.165, 1.54) is 6.07 Å². The molecule has 0 aliphatic carbocycles. The zero-order valence-electron chi connectivity index (χ0n) is 8.86. The van der Waals surface area contributed by atoms with Gasteiger partial charge in [-0.15, -0.1) is 0 Å². The van der Waals surface area contributed by atoms with Gasteiger partial charge in [-0.1, -0.05) is 0 Å². The molecule has 1 amide bonds. The lowest BCUT2D eigenvalue weighted by Crippen LogP contribution is -2.26. The smallest absolute Gasteiger partial charge is 0.395 e. The predicted molar refractivity (Wildman–Crippen MR) is 56.2 cm³/mol. The average Bonchev–Trinajstić information content (AvgIpc) is 2.73. The highest BCUT2D eigenvalue weighted by atomic mass is 16.6. The van der Waals surface area contributed by atoms with E-state index in [0.29, 0.717) is 6.54 Å². The molecule has 0 aliphatic rings. The fourth-order valence-corrected chi connectivity index (χ4v) is 1.10. The van der Waals surface area contributed by atoms with E-state index in [0.717, 1.165) is 19.0 Å². The second-order valence-corrected chi connectivity index (χ2v) is 3.11. The van der Waals surface area contributed by atoms with Crippen molar-refractivity contribution in [3.63, 3.8) is 0 Å². The van der Waals surface area contributed by atoms with Crippen LogP contribution in [0.25, 0.3) is 0 Å². The molecule has 0 saturated carbocycles. The quantitative estimate of drug-likeness (QED) is 0.419. The van der Waals surface area contributed by atoms with Crippen LogP contribution in [0.3, 0.4) is 0 Å². The molecule has 0 spiro atoms. The Kier molecular flexibility index (Phi) is 4.46. The van der Waals surface area contributed by atoms with Gasteiger partial charge in [0.2, 0.25) is 0 Å². The van der Waals surface area contributed by atoms with E-state index >= 15 is 0 Å². The first kappa shape index (κ1) is 12.2. The number of rotatable bonds is 6. The topological polar surface area (TPSA) is 97.4 Å². The molecule has 1 heterocycles. The third kappa shape index (κ3) is 3.35. The third-order valence-corrected chi connectivity index (χ3v) is 1.88. The molecule has 1 rings (SSSR count). The van der Waals surface area contributed by atoms with Gasteiger partial charge in [0.1, 0.15) is 4.92 Å². The molecule has 0 unspecified atom stereocenters. The van der Waals surface area contributed by atoms with Crippen molar-refractivity contribution in [1.29, 1.82) is 0 Å². The van der Waals surface area contributed by atoms with Gasteiger partial charge in [-0.05, 0) is 26.1 Å². The predicted octanol–water partition coefficient (Wildman–Crippen LogP) is 0.527. The molecule has 0 aliphatic heterocycles. The summed E-state index contributed by atoms with van der Waals surface area (Å²) in [5.41, 5.74) is 0. The molecule has 0 saturated heterocycles. The minimum absolute atomic E-state index is 0.0452. The van der Waals surface area contributed by atoms with Crippen LogP contribution in [0.5, 0.6) is 0 Å². The molecule has 0 aromatic carbocycles. The lowest BCUT2D eigenvalue weighted by Gasteiger charge is -2.01. The van der Waals surface area contributed by atoms with Crippen molar-refractivity contribution in [2.75, 3.05) is 20.1 Å². The summed E-state index contributed by atoms with van der Waals surface area (Å²) in [6.07, 6.45) is 0.783. The van der Waals surface area contributed by atoms with Gasteiger partial charge in [-0.25, -0.2) is 0 Å². The van der Waals surface area contributed by atoms with Crippen molar-refractivity contribution in [3.8, 4) is 0 Å². The van der Waals surface area contributed by atoms with Crippen LogP contribution in [0.1, 0.15) is 17.0 Å². The number of hydrogen-bond donors (Lipinski definition) is 2. The Morgan fingerprint density at radius 2 is 2.25 bits per heavy atom. The maximum atomic E-state index is 11.4. The van der Waals surface area contributed by atoms with Gasteiger partial charge in [0.25, 0.3) is 5.91 Å². The fourth-order valence-electron chi connectivity index (χ4n) is 1.10. The first-order valence-electron chi connectivity index (χ1n) is 4.82. The molecule has 88 valence electrons. The van der Waals surface area contributed by atoms with Crippen molar-refractivity contribution >= 4 is 11.8 Å². The summed E-state index contributed by atoms with van der Waals surface area (Å²) in [6, 6.07) is 2.44. The van der Waals surface area contributed by atoms with Crippen LogP contribution in [0, 0.1) is 10.1 Å². The number of amides is 1. The average molecular weight is 227 g/mol. The molecular weight excluding hydrogens is 214 g/mol. The Labute approximate surface area is 92.0 Å². The summed E-state index contributed by atoms with van der Waals surface area (Å²) in [5, 5.41) is 15.8. The SMILES string of the molecule is CNCCCNC(=O)c1ccc([N+](=O)[O-])o1. The molecule has 0 fully saturated rings. The Morgan fingerprint density at radius 3 is 2.81 bits per heavy atom. The van der Waals surface area contributed by atoms with E-state index in [1.807, 2.05) is 7.05 Å². The molecule has 1 aromatic rings. The van der Waals surface area contributed by atoms with Crippen molar-refractivity contribution in [3.05, 3.63) is 28.0 Å². The standard InChI is InChI=1S/C9H13N3O4/c1-10-5-2-6-11-9(13)7-3-4-8(16-7)12(14)15/h3-4,10H,2,5-6H2,1H3,(H,11,13). The second kappa shape index (κ2) is 5.86. The zero-order valence-corrected chi connectivity index (χ0v) is 8.86. The maximum Gasteiger partial charge on any atom is 0.433 e. The number of nitro groups is 1. The highest BCUT2D eigenvalue weighted by Gasteiger charge is 2.16. The van der Waals surface area contributed by atoms with Crippen LogP contribution in [0.15, 0.2) is 16.5 Å². The highest BCUT2D eigenvalue weighted by molar-refractivity contribution is 5.91. The summed E-state index contributed by atoms with van der Waals surface area (Å²) in [6.45, 7) is 1.28. The van der Waals surface area contributed by atoms with Crippen LogP contribution >= 0.6 is 0 Å². The van der Waals surface area contributed by atoms with Crippen LogP contribution in [-0.2, 0) is 0 Å². The molecule has 7 heteroatoms. The Hall–Kier alpha value is -1.89. The Balaban J connectivity index is 2.43. The number of hydrogen-bond acceptors (Lipinski definition) is 5. The van der Waals surface area contributed by atoms with Crippen molar-refractivity contribution < 1.29 is 14.1 Å². The summed E-state index contributed by atoms with van der Waals surface area (Å²) < 4.78 is 4.74. The maximum absolute atomic E-state index is 11.4. The molecule has 1 aromatic heterocycles. The van der Waals surface area contributed by atoms with Crippen molar-refractivity contribution in [2.24, 2.45) is 0 Å². The molecule has 0 bridgehead atoms. The van der Waals surface area contributed by atoms with Gasteiger partial charge in [0, 0.05) is 6.54 Å². The minimum Gasteiger partial charge on any atom is -0.395 e. The van der Waals surface area contributed by atoms with Crippen LogP contribution < -0.4 is 10.6 Å². The van der Waals surface area contributed by atoms with Gasteiger partial charge < -0.3 is 15.1 Å². The Bertz CT molecular complexity index is 375. The fraction of sp³-hybridized carbons (Fsp3) is 0.444. The van der Waals surface area contributed by atoms with Gasteiger partial charge in [0.15, 0.2) is 5.76 Å². The second-order valence-electron chi connectivity index (χ2n) is 3.11. The molecule has 7 nitrogen and oxygen atoms in total. The third-order valence-electron chi connectivity index (χ3n) is 1.88. The summed E-state index contributed by atoms with van der Waals surface area (Å²) in [4.78, 5) is 21.0. The van der Waals surface area contributed by atoms with E-state index in [-0.39, 0.29) is 5.76 Å². The number of nitrogens with one attached hydrogen (secondary N) is 2. The first-order valence-corrected chi connectivity index (χ1v) is 4.82. The van der Waals surface area contributed by atoms with Crippen LogP contribution in [0.2, 0.25) is 0 Å². The highest BCUT2D eigenvalue weighted by Crippen LogP contribution is 2.15. The Morgan fingerprint density at radius 1 is 1.50 bits per heavy atom. The number of nitrogens with zero attached hydrogens (tertiary/aromatic N) is 1. The van der Waals surface area contributed by atoms with Crippen LogP contribution in [0.4, 0.5) is 5.88 Å². The minimum atomic E-state index is -0.683. The van der Waals surface area contributed by atoms with Gasteiger partial charge in [0.05, 0.1) is 6.07 Å². The largest absolute Gasteiger partial charge is 0.433 e. The lowest BCUT2D eigenvalue weighted by molar-refractivity contribution is -0.402. The number of carbonyl (C=O) groups is 1.